The highest BCUT2D eigenvalue weighted by Gasteiger charge is 2.32. The van der Waals surface area contributed by atoms with Gasteiger partial charge in [-0.2, -0.15) is 0 Å². The third-order valence-corrected chi connectivity index (χ3v) is 7.20. The van der Waals surface area contributed by atoms with E-state index in [-0.39, 0.29) is 17.6 Å². The minimum absolute atomic E-state index is 0.0522. The molecule has 0 radical (unpaired) electrons. The first-order valence-corrected chi connectivity index (χ1v) is 12.3. The standard InChI is InChI=1S/C23H25N7O2S/c31-21(26-16-13-25-8-7-18(16)28-11-9-24-10-12-28)17-14-33-22(27-17)30-20-4-2-1-3-19(20)29(23(30)32)15-5-6-15/h1,3,7-8,13-15,24H,2,4-6,9-12H2,(H,26,31). The Balaban J connectivity index is 1.29. The van der Waals surface area contributed by atoms with Crippen LogP contribution in [0.3, 0.4) is 0 Å². The van der Waals surface area contributed by atoms with E-state index in [0.29, 0.717) is 16.5 Å². The van der Waals surface area contributed by atoms with Gasteiger partial charge in [0, 0.05) is 43.8 Å². The van der Waals surface area contributed by atoms with Gasteiger partial charge in [-0.3, -0.25) is 14.3 Å². The molecule has 6 rings (SSSR count). The van der Waals surface area contributed by atoms with Gasteiger partial charge < -0.3 is 15.5 Å². The van der Waals surface area contributed by atoms with Gasteiger partial charge in [0.2, 0.25) is 0 Å². The second-order valence-corrected chi connectivity index (χ2v) is 9.43. The van der Waals surface area contributed by atoms with Crippen molar-refractivity contribution in [2.24, 2.45) is 0 Å². The number of nitrogens with one attached hydrogen (secondary N) is 2. The monoisotopic (exact) mass is 463 g/mol. The average Bonchev–Trinajstić information content (AvgIpc) is 3.48. The summed E-state index contributed by atoms with van der Waals surface area (Å²) in [6, 6.07) is 2.21. The Morgan fingerprint density at radius 2 is 2.09 bits per heavy atom. The number of nitrogens with zero attached hydrogens (tertiary/aromatic N) is 5. The van der Waals surface area contributed by atoms with E-state index in [9.17, 15) is 9.59 Å². The van der Waals surface area contributed by atoms with Crippen molar-refractivity contribution in [3.8, 4) is 5.13 Å². The highest BCUT2D eigenvalue weighted by molar-refractivity contribution is 7.12. The van der Waals surface area contributed by atoms with E-state index in [4.69, 9.17) is 0 Å². The van der Waals surface area contributed by atoms with Crippen LogP contribution in [-0.2, 0) is 6.42 Å². The summed E-state index contributed by atoms with van der Waals surface area (Å²) in [6.45, 7) is 3.54. The molecule has 3 aromatic heterocycles. The van der Waals surface area contributed by atoms with E-state index in [0.717, 1.165) is 68.9 Å². The molecule has 9 nitrogen and oxygen atoms in total. The van der Waals surface area contributed by atoms with Gasteiger partial charge in [0.1, 0.15) is 5.69 Å². The fourth-order valence-corrected chi connectivity index (χ4v) is 5.44. The Bertz CT molecular complexity index is 1290. The second-order valence-electron chi connectivity index (χ2n) is 8.59. The summed E-state index contributed by atoms with van der Waals surface area (Å²) in [5.41, 5.74) is 3.85. The highest BCUT2D eigenvalue weighted by atomic mass is 32.1. The first kappa shape index (κ1) is 20.4. The Hall–Kier alpha value is -3.24. The van der Waals surface area contributed by atoms with Crippen LogP contribution in [0.5, 0.6) is 0 Å². The molecule has 0 atom stereocenters. The number of hydrogen-bond donors (Lipinski definition) is 2. The molecule has 1 amide bonds. The van der Waals surface area contributed by atoms with E-state index in [1.165, 1.54) is 11.3 Å². The zero-order valence-corrected chi connectivity index (χ0v) is 19.0. The Kier molecular flexibility index (Phi) is 5.11. The van der Waals surface area contributed by atoms with Crippen molar-refractivity contribution in [3.05, 3.63) is 57.5 Å². The number of carbonyl (C=O) groups is 1. The average molecular weight is 464 g/mol. The maximum absolute atomic E-state index is 13.3. The molecular weight excluding hydrogens is 438 g/mol. The fourth-order valence-electron chi connectivity index (χ4n) is 4.62. The molecule has 0 spiro atoms. The van der Waals surface area contributed by atoms with Crippen molar-refractivity contribution < 1.29 is 4.79 Å². The normalized spacial score (nSPS) is 17.8. The molecule has 1 aliphatic heterocycles. The van der Waals surface area contributed by atoms with Crippen molar-refractivity contribution in [2.75, 3.05) is 36.4 Å². The van der Waals surface area contributed by atoms with Crippen LogP contribution >= 0.6 is 11.3 Å². The van der Waals surface area contributed by atoms with Gasteiger partial charge in [-0.15, -0.1) is 11.3 Å². The van der Waals surface area contributed by atoms with Crippen LogP contribution in [0.25, 0.3) is 11.2 Å². The molecule has 2 N–H and O–H groups in total. The number of hydrogen-bond acceptors (Lipinski definition) is 7. The quantitative estimate of drug-likeness (QED) is 0.603. The van der Waals surface area contributed by atoms with E-state index >= 15 is 0 Å². The van der Waals surface area contributed by atoms with Crippen LogP contribution in [0.15, 0.2) is 34.7 Å². The maximum atomic E-state index is 13.3. The molecule has 170 valence electrons. The predicted molar refractivity (Wildman–Crippen MR) is 129 cm³/mol. The van der Waals surface area contributed by atoms with Crippen LogP contribution in [0.4, 0.5) is 11.4 Å². The highest BCUT2D eigenvalue weighted by Crippen LogP contribution is 2.37. The van der Waals surface area contributed by atoms with Gasteiger partial charge in [-0.05, 0) is 37.8 Å². The third kappa shape index (κ3) is 3.68. The fraction of sp³-hybridized carbons (Fsp3) is 0.391. The van der Waals surface area contributed by atoms with Crippen molar-refractivity contribution in [1.82, 2.24) is 24.4 Å². The summed E-state index contributed by atoms with van der Waals surface area (Å²) in [5, 5.41) is 8.58. The van der Waals surface area contributed by atoms with E-state index in [2.05, 4.69) is 37.7 Å². The number of carbonyl (C=O) groups excluding carboxylic acids is 1. The first-order valence-electron chi connectivity index (χ1n) is 11.4. The number of piperazine rings is 1. The number of anilines is 2. The summed E-state index contributed by atoms with van der Waals surface area (Å²) in [4.78, 5) is 37.3. The van der Waals surface area contributed by atoms with E-state index in [1.54, 1.807) is 22.3 Å². The van der Waals surface area contributed by atoms with E-state index in [1.807, 2.05) is 10.6 Å². The molecule has 10 heteroatoms. The van der Waals surface area contributed by atoms with Gasteiger partial charge in [0.25, 0.3) is 5.91 Å². The molecule has 0 unspecified atom stereocenters. The lowest BCUT2D eigenvalue weighted by Crippen LogP contribution is -2.43. The Morgan fingerprint density at radius 1 is 1.24 bits per heavy atom. The second kappa shape index (κ2) is 8.27. The van der Waals surface area contributed by atoms with Crippen molar-refractivity contribution in [2.45, 2.75) is 31.7 Å². The van der Waals surface area contributed by atoms with Gasteiger partial charge in [0.15, 0.2) is 5.13 Å². The molecule has 4 heterocycles. The minimum atomic E-state index is -0.301. The van der Waals surface area contributed by atoms with E-state index < -0.39 is 0 Å². The molecular formula is C23H25N7O2S. The van der Waals surface area contributed by atoms with Crippen molar-refractivity contribution in [3.63, 3.8) is 0 Å². The summed E-state index contributed by atoms with van der Waals surface area (Å²) in [7, 11) is 0. The molecule has 0 bridgehead atoms. The third-order valence-electron chi connectivity index (χ3n) is 6.38. The number of pyridine rings is 1. The van der Waals surface area contributed by atoms with Crippen molar-refractivity contribution in [1.29, 1.82) is 0 Å². The summed E-state index contributed by atoms with van der Waals surface area (Å²) >= 11 is 1.33. The summed E-state index contributed by atoms with van der Waals surface area (Å²) in [6.07, 6.45) is 11.4. The number of amides is 1. The molecule has 1 saturated heterocycles. The largest absolute Gasteiger partial charge is 0.367 e. The molecule has 3 aliphatic rings. The van der Waals surface area contributed by atoms with Crippen LogP contribution in [0, 0.1) is 0 Å². The Labute approximate surface area is 194 Å². The zero-order chi connectivity index (χ0) is 22.4. The maximum Gasteiger partial charge on any atom is 0.335 e. The van der Waals surface area contributed by atoms with Crippen LogP contribution in [0.1, 0.15) is 47.2 Å². The zero-order valence-electron chi connectivity index (χ0n) is 18.2. The lowest BCUT2D eigenvalue weighted by Gasteiger charge is -2.30. The van der Waals surface area contributed by atoms with Gasteiger partial charge in [-0.25, -0.2) is 14.3 Å². The SMILES string of the molecule is O=C(Nc1cnccc1N1CCNCC1)c1csc(-n2c3c(n(C4CC4)c2=O)C=CCC3)n1. The van der Waals surface area contributed by atoms with Gasteiger partial charge >= 0.3 is 5.69 Å². The number of imidazole rings is 1. The van der Waals surface area contributed by atoms with Gasteiger partial charge in [0.05, 0.1) is 29.0 Å². The van der Waals surface area contributed by atoms with Gasteiger partial charge in [-0.1, -0.05) is 6.08 Å². The van der Waals surface area contributed by atoms with Crippen LogP contribution < -0.4 is 21.2 Å². The lowest BCUT2D eigenvalue weighted by atomic mass is 10.1. The number of thiazole rings is 1. The van der Waals surface area contributed by atoms with Crippen LogP contribution in [0.2, 0.25) is 0 Å². The lowest BCUT2D eigenvalue weighted by molar-refractivity contribution is 0.102. The Morgan fingerprint density at radius 3 is 2.91 bits per heavy atom. The number of rotatable bonds is 5. The molecule has 0 aromatic carbocycles. The number of allylic oxidation sites excluding steroid dienone is 1. The van der Waals surface area contributed by atoms with Crippen LogP contribution in [-0.4, -0.2) is 51.2 Å². The summed E-state index contributed by atoms with van der Waals surface area (Å²) < 4.78 is 3.61. The molecule has 3 aromatic rings. The van der Waals surface area contributed by atoms with Crippen molar-refractivity contribution >= 4 is 34.7 Å². The summed E-state index contributed by atoms with van der Waals surface area (Å²) in [5.74, 6) is -0.301. The molecule has 2 fully saturated rings. The number of aromatic nitrogens is 4. The predicted octanol–water partition coefficient (Wildman–Crippen LogP) is 2.45. The smallest absolute Gasteiger partial charge is 0.335 e. The molecule has 1 saturated carbocycles. The number of fused-ring (bicyclic) bond motifs is 1. The topological polar surface area (TPSA) is 97.1 Å². The first-order chi connectivity index (χ1) is 16.2. The molecule has 33 heavy (non-hydrogen) atoms. The minimum Gasteiger partial charge on any atom is -0.367 e. The molecule has 2 aliphatic carbocycles.